The van der Waals surface area contributed by atoms with Crippen LogP contribution in [0.1, 0.15) is 131 Å². The fourth-order valence-electron chi connectivity index (χ4n) is 10.2. The number of hydrogen-bond acceptors (Lipinski definition) is 4. The molecular formula is C36H65N3O2. The minimum Gasteiger partial charge on any atom is -0.446 e. The average molecular weight is 572 g/mol. The third kappa shape index (κ3) is 7.19. The van der Waals surface area contributed by atoms with E-state index in [4.69, 9.17) is 16.2 Å². The summed E-state index contributed by atoms with van der Waals surface area (Å²) in [6, 6.07) is 0. The zero-order valence-electron chi connectivity index (χ0n) is 27.5. The lowest BCUT2D eigenvalue weighted by Gasteiger charge is -2.58. The minimum absolute atomic E-state index is 0.00997. The van der Waals surface area contributed by atoms with Crippen LogP contribution in [0.2, 0.25) is 0 Å². The van der Waals surface area contributed by atoms with Gasteiger partial charge >= 0.3 is 6.09 Å². The van der Waals surface area contributed by atoms with Crippen molar-refractivity contribution >= 4 is 6.09 Å². The van der Waals surface area contributed by atoms with Crippen molar-refractivity contribution in [3.63, 3.8) is 0 Å². The second-order valence-corrected chi connectivity index (χ2v) is 15.3. The molecule has 7 unspecified atom stereocenters. The number of carbonyl (C=O) groups is 1. The Labute approximate surface area is 253 Å². The Morgan fingerprint density at radius 3 is 2.46 bits per heavy atom. The molecule has 8 atom stereocenters. The molecule has 1 amide bonds. The topological polar surface area (TPSA) is 81.6 Å². The summed E-state index contributed by atoms with van der Waals surface area (Å²) in [7, 11) is 0. The lowest BCUT2D eigenvalue weighted by atomic mass is 9.47. The molecule has 4 rings (SSSR count). The zero-order valence-corrected chi connectivity index (χ0v) is 27.5. The molecule has 0 radical (unpaired) electrons. The molecule has 4 aliphatic rings. The minimum atomic E-state index is -0.151. The van der Waals surface area contributed by atoms with E-state index in [-0.39, 0.29) is 17.6 Å². The van der Waals surface area contributed by atoms with Crippen molar-refractivity contribution in [3.8, 4) is 0 Å². The van der Waals surface area contributed by atoms with Gasteiger partial charge in [0, 0.05) is 19.5 Å². The lowest BCUT2D eigenvalue weighted by molar-refractivity contribution is -0.0535. The fourth-order valence-corrected chi connectivity index (χ4v) is 10.2. The SMILES string of the molecule is CC[C@H](CCCC1CCC2C3CC=C4CC(OC(=O)N(CCCN)CCCCN)CCC4(C)C3CCC12C)C(C)C. The summed E-state index contributed by atoms with van der Waals surface area (Å²) < 4.78 is 6.16. The molecule has 0 aromatic heterocycles. The summed E-state index contributed by atoms with van der Waals surface area (Å²) in [4.78, 5) is 15.0. The van der Waals surface area contributed by atoms with Crippen molar-refractivity contribution in [2.45, 2.75) is 137 Å². The highest BCUT2D eigenvalue weighted by Crippen LogP contribution is 2.66. The molecule has 5 nitrogen and oxygen atoms in total. The number of unbranched alkanes of at least 4 members (excludes halogenated alkanes) is 1. The Morgan fingerprint density at radius 1 is 1.00 bits per heavy atom. The van der Waals surface area contributed by atoms with Gasteiger partial charge in [0.25, 0.3) is 0 Å². The normalized spacial score (nSPS) is 35.3. The molecule has 0 bridgehead atoms. The number of hydrogen-bond donors (Lipinski definition) is 2. The van der Waals surface area contributed by atoms with E-state index in [1.807, 2.05) is 4.90 Å². The molecular weight excluding hydrogens is 506 g/mol. The number of ether oxygens (including phenoxy) is 1. The average Bonchev–Trinajstić information content (AvgIpc) is 3.29. The molecule has 0 aromatic carbocycles. The van der Waals surface area contributed by atoms with Gasteiger partial charge in [0.05, 0.1) is 0 Å². The molecule has 236 valence electrons. The molecule has 0 aromatic rings. The molecule has 0 aliphatic heterocycles. The molecule has 3 fully saturated rings. The Bertz CT molecular complexity index is 873. The highest BCUT2D eigenvalue weighted by atomic mass is 16.6. The number of allylic oxidation sites excluding steroid dienone is 1. The maximum atomic E-state index is 13.1. The van der Waals surface area contributed by atoms with Gasteiger partial charge in [-0.3, -0.25) is 0 Å². The first-order valence-corrected chi connectivity index (χ1v) is 17.7. The predicted octanol–water partition coefficient (Wildman–Crippen LogP) is 8.31. The van der Waals surface area contributed by atoms with Crippen molar-refractivity contribution in [2.24, 2.45) is 57.8 Å². The third-order valence-electron chi connectivity index (χ3n) is 12.9. The van der Waals surface area contributed by atoms with Gasteiger partial charge in [0.1, 0.15) is 6.10 Å². The zero-order chi connectivity index (χ0) is 29.6. The summed E-state index contributed by atoms with van der Waals surface area (Å²) in [5.41, 5.74) is 13.9. The first-order valence-electron chi connectivity index (χ1n) is 17.7. The Hall–Kier alpha value is -1.07. The number of amides is 1. The van der Waals surface area contributed by atoms with Gasteiger partial charge < -0.3 is 21.1 Å². The molecule has 4 aliphatic carbocycles. The Balaban J connectivity index is 1.36. The third-order valence-corrected chi connectivity index (χ3v) is 12.9. The van der Waals surface area contributed by atoms with Crippen molar-refractivity contribution in [3.05, 3.63) is 11.6 Å². The van der Waals surface area contributed by atoms with E-state index in [1.165, 1.54) is 57.8 Å². The van der Waals surface area contributed by atoms with Crippen LogP contribution in [0, 0.1) is 46.3 Å². The number of nitrogens with two attached hydrogens (primary N) is 2. The largest absolute Gasteiger partial charge is 0.446 e. The van der Waals surface area contributed by atoms with Crippen LogP contribution in [0.15, 0.2) is 11.6 Å². The Morgan fingerprint density at radius 2 is 1.76 bits per heavy atom. The van der Waals surface area contributed by atoms with Crippen LogP contribution >= 0.6 is 0 Å². The van der Waals surface area contributed by atoms with Gasteiger partial charge in [0.2, 0.25) is 0 Å². The van der Waals surface area contributed by atoms with Crippen LogP contribution in [0.3, 0.4) is 0 Å². The van der Waals surface area contributed by atoms with Gasteiger partial charge in [-0.15, -0.1) is 0 Å². The quantitative estimate of drug-likeness (QED) is 0.162. The second kappa shape index (κ2) is 14.6. The Kier molecular flexibility index (Phi) is 11.7. The first-order chi connectivity index (χ1) is 19.7. The standard InChI is InChI=1S/C36H65N3O2/c1-6-27(26(2)3)11-9-12-28-14-16-32-31-15-13-29-25-30(17-19-36(29,5)33(31)18-20-35(28,32)4)41-34(40)39(24-10-22-38)23-8-7-21-37/h13,26-28,30-33H,6-12,14-25,37-38H2,1-5H3/t27-,28?,30?,31?,32?,33?,35?,36?/m1/s1. The van der Waals surface area contributed by atoms with Crippen LogP contribution in [0.4, 0.5) is 4.79 Å². The summed E-state index contributed by atoms with van der Waals surface area (Å²) in [5.74, 6) is 5.20. The summed E-state index contributed by atoms with van der Waals surface area (Å²) in [5, 5.41) is 0. The number of rotatable bonds is 14. The smallest absolute Gasteiger partial charge is 0.410 e. The predicted molar refractivity (Wildman–Crippen MR) is 171 cm³/mol. The van der Waals surface area contributed by atoms with Gasteiger partial charge in [-0.05, 0) is 130 Å². The van der Waals surface area contributed by atoms with Crippen LogP contribution in [-0.2, 0) is 4.74 Å². The highest BCUT2D eigenvalue weighted by molar-refractivity contribution is 5.67. The molecule has 0 spiro atoms. The van der Waals surface area contributed by atoms with Crippen LogP contribution < -0.4 is 11.5 Å². The van der Waals surface area contributed by atoms with Gasteiger partial charge in [-0.1, -0.05) is 65.5 Å². The first kappa shape index (κ1) is 32.8. The van der Waals surface area contributed by atoms with Gasteiger partial charge in [-0.25, -0.2) is 4.79 Å². The molecule has 3 saturated carbocycles. The van der Waals surface area contributed by atoms with E-state index in [0.29, 0.717) is 31.6 Å². The number of carbonyl (C=O) groups excluding carboxylic acids is 1. The molecule has 5 heteroatoms. The highest BCUT2D eigenvalue weighted by Gasteiger charge is 2.58. The van der Waals surface area contributed by atoms with Crippen molar-refractivity contribution in [2.75, 3.05) is 26.2 Å². The van der Waals surface area contributed by atoms with Crippen LogP contribution in [0.5, 0.6) is 0 Å². The molecule has 4 N–H and O–H groups in total. The monoisotopic (exact) mass is 572 g/mol. The lowest BCUT2D eigenvalue weighted by Crippen LogP contribution is -2.50. The molecule has 41 heavy (non-hydrogen) atoms. The van der Waals surface area contributed by atoms with Crippen LogP contribution in [0.25, 0.3) is 0 Å². The summed E-state index contributed by atoms with van der Waals surface area (Å²) in [6.45, 7) is 15.1. The van der Waals surface area contributed by atoms with E-state index >= 15 is 0 Å². The fraction of sp³-hybridized carbons (Fsp3) is 0.917. The van der Waals surface area contributed by atoms with Crippen molar-refractivity contribution in [1.29, 1.82) is 0 Å². The molecule has 0 heterocycles. The van der Waals surface area contributed by atoms with E-state index in [9.17, 15) is 4.79 Å². The van der Waals surface area contributed by atoms with Crippen LogP contribution in [-0.4, -0.2) is 43.3 Å². The van der Waals surface area contributed by atoms with Crippen molar-refractivity contribution in [1.82, 2.24) is 4.90 Å². The van der Waals surface area contributed by atoms with Crippen molar-refractivity contribution < 1.29 is 9.53 Å². The van der Waals surface area contributed by atoms with E-state index in [2.05, 4.69) is 40.7 Å². The maximum absolute atomic E-state index is 13.1. The maximum Gasteiger partial charge on any atom is 0.410 e. The molecule has 0 saturated heterocycles. The van der Waals surface area contributed by atoms with E-state index in [0.717, 1.165) is 74.0 Å². The van der Waals surface area contributed by atoms with E-state index < -0.39 is 0 Å². The summed E-state index contributed by atoms with van der Waals surface area (Å²) >= 11 is 0. The van der Waals surface area contributed by atoms with Gasteiger partial charge in [-0.2, -0.15) is 0 Å². The van der Waals surface area contributed by atoms with Gasteiger partial charge in [0.15, 0.2) is 0 Å². The second-order valence-electron chi connectivity index (χ2n) is 15.3. The number of fused-ring (bicyclic) bond motifs is 5. The number of nitrogens with zero attached hydrogens (tertiary/aromatic N) is 1. The van der Waals surface area contributed by atoms with E-state index in [1.54, 1.807) is 5.57 Å². The summed E-state index contributed by atoms with van der Waals surface area (Å²) in [6.07, 6.45) is 20.8.